The first-order valence-electron chi connectivity index (χ1n) is 7.97. The normalized spacial score (nSPS) is 11.2. The van der Waals surface area contributed by atoms with Crippen LogP contribution in [0.1, 0.15) is 37.5 Å². The number of hydrogen-bond donors (Lipinski definition) is 1. The van der Waals surface area contributed by atoms with Gasteiger partial charge in [0, 0.05) is 10.2 Å². The molecule has 2 rings (SSSR count). The van der Waals surface area contributed by atoms with Crippen LogP contribution in [0.2, 0.25) is 0 Å². The molecule has 3 nitrogen and oxygen atoms in total. The average Bonchev–Trinajstić information content (AvgIpc) is 2.45. The van der Waals surface area contributed by atoms with Crippen LogP contribution in [0.15, 0.2) is 40.9 Å². The van der Waals surface area contributed by atoms with Gasteiger partial charge in [-0.1, -0.05) is 48.8 Å². The maximum atomic E-state index is 12.1. The minimum absolute atomic E-state index is 0.00959. The number of carbonyl (C=O) groups excluding carboxylic acids is 1. The fourth-order valence-corrected chi connectivity index (χ4v) is 3.20. The van der Waals surface area contributed by atoms with Crippen LogP contribution in [0.25, 0.3) is 0 Å². The van der Waals surface area contributed by atoms with Gasteiger partial charge >= 0.3 is 0 Å². The third-order valence-electron chi connectivity index (χ3n) is 3.81. The van der Waals surface area contributed by atoms with Gasteiger partial charge in [0.2, 0.25) is 0 Å². The summed E-state index contributed by atoms with van der Waals surface area (Å²) in [6.45, 7) is 10.4. The van der Waals surface area contributed by atoms with Gasteiger partial charge in [0.05, 0.1) is 0 Å². The van der Waals surface area contributed by atoms with Gasteiger partial charge in [-0.3, -0.25) is 4.79 Å². The summed E-state index contributed by atoms with van der Waals surface area (Å²) >= 11 is 3.46. The molecule has 0 aliphatic heterocycles. The van der Waals surface area contributed by atoms with Crippen molar-refractivity contribution in [3.63, 3.8) is 0 Å². The highest BCUT2D eigenvalue weighted by atomic mass is 79.9. The third kappa shape index (κ3) is 4.84. The third-order valence-corrected chi connectivity index (χ3v) is 4.27. The SMILES string of the molecule is Cc1cc(Br)cc(C)c1OCC(=O)Nc1ccc(C(C)(C)C)cc1. The molecule has 1 N–H and O–H groups in total. The van der Waals surface area contributed by atoms with E-state index in [9.17, 15) is 4.79 Å². The van der Waals surface area contributed by atoms with Crippen molar-refractivity contribution in [1.82, 2.24) is 0 Å². The first kappa shape index (κ1) is 18.5. The van der Waals surface area contributed by atoms with Gasteiger partial charge < -0.3 is 10.1 Å². The van der Waals surface area contributed by atoms with Gasteiger partial charge in [0.1, 0.15) is 5.75 Å². The van der Waals surface area contributed by atoms with E-state index in [1.165, 1.54) is 5.56 Å². The van der Waals surface area contributed by atoms with Crippen LogP contribution in [0.4, 0.5) is 5.69 Å². The van der Waals surface area contributed by atoms with Crippen LogP contribution in [-0.4, -0.2) is 12.5 Å². The zero-order valence-electron chi connectivity index (χ0n) is 14.9. The Bertz CT molecular complexity index is 707. The van der Waals surface area contributed by atoms with E-state index < -0.39 is 0 Å². The molecule has 4 heteroatoms. The zero-order valence-corrected chi connectivity index (χ0v) is 16.5. The highest BCUT2D eigenvalue weighted by molar-refractivity contribution is 9.10. The molecule has 2 aromatic rings. The van der Waals surface area contributed by atoms with Crippen LogP contribution < -0.4 is 10.1 Å². The minimum Gasteiger partial charge on any atom is -0.483 e. The summed E-state index contributed by atoms with van der Waals surface area (Å²) in [5, 5.41) is 2.87. The van der Waals surface area contributed by atoms with E-state index in [4.69, 9.17) is 4.74 Å². The summed E-state index contributed by atoms with van der Waals surface area (Å²) in [4.78, 5) is 12.1. The number of carbonyl (C=O) groups is 1. The second-order valence-electron chi connectivity index (χ2n) is 7.03. The molecule has 0 aromatic heterocycles. The number of aryl methyl sites for hydroxylation is 2. The maximum Gasteiger partial charge on any atom is 0.262 e. The number of halogens is 1. The summed E-state index contributed by atoms with van der Waals surface area (Å²) in [6, 6.07) is 11.9. The van der Waals surface area contributed by atoms with Crippen LogP contribution in [0.3, 0.4) is 0 Å². The molecule has 24 heavy (non-hydrogen) atoms. The largest absolute Gasteiger partial charge is 0.483 e. The van der Waals surface area contributed by atoms with Gasteiger partial charge in [-0.05, 0) is 60.2 Å². The molecule has 0 radical (unpaired) electrons. The van der Waals surface area contributed by atoms with Gasteiger partial charge in [-0.2, -0.15) is 0 Å². The smallest absolute Gasteiger partial charge is 0.262 e. The molecule has 0 aliphatic carbocycles. The zero-order chi connectivity index (χ0) is 17.9. The van der Waals surface area contributed by atoms with Crippen LogP contribution >= 0.6 is 15.9 Å². The van der Waals surface area contributed by atoms with Gasteiger partial charge in [-0.15, -0.1) is 0 Å². The number of benzene rings is 2. The highest BCUT2D eigenvalue weighted by Gasteiger charge is 2.13. The van der Waals surface area contributed by atoms with E-state index in [2.05, 4.69) is 42.0 Å². The molecule has 0 spiro atoms. The summed E-state index contributed by atoms with van der Waals surface area (Å²) in [6.07, 6.45) is 0. The molecule has 0 fully saturated rings. The first-order valence-corrected chi connectivity index (χ1v) is 8.76. The quantitative estimate of drug-likeness (QED) is 0.761. The topological polar surface area (TPSA) is 38.3 Å². The van der Waals surface area contributed by atoms with Crippen molar-refractivity contribution in [3.05, 3.63) is 57.6 Å². The average molecular weight is 390 g/mol. The molecular formula is C20H24BrNO2. The predicted octanol–water partition coefficient (Wildman–Crippen LogP) is 5.38. The first-order chi connectivity index (χ1) is 11.2. The molecule has 0 bridgehead atoms. The lowest BCUT2D eigenvalue weighted by molar-refractivity contribution is -0.118. The molecule has 0 saturated carbocycles. The molecular weight excluding hydrogens is 366 g/mol. The van der Waals surface area contributed by atoms with Crippen molar-refractivity contribution in [1.29, 1.82) is 0 Å². The van der Waals surface area contributed by atoms with Gasteiger partial charge in [0.25, 0.3) is 5.91 Å². The van der Waals surface area contributed by atoms with Crippen molar-refractivity contribution >= 4 is 27.5 Å². The number of anilines is 1. The molecule has 0 saturated heterocycles. The monoisotopic (exact) mass is 389 g/mol. The van der Waals surface area contributed by atoms with Gasteiger partial charge in [0.15, 0.2) is 6.61 Å². The van der Waals surface area contributed by atoms with E-state index in [-0.39, 0.29) is 17.9 Å². The van der Waals surface area contributed by atoms with E-state index >= 15 is 0 Å². The molecule has 0 aliphatic rings. The fraction of sp³-hybridized carbons (Fsp3) is 0.350. The Morgan fingerprint density at radius 2 is 1.62 bits per heavy atom. The number of amides is 1. The molecule has 2 aromatic carbocycles. The minimum atomic E-state index is -0.166. The number of rotatable bonds is 4. The lowest BCUT2D eigenvalue weighted by Crippen LogP contribution is -2.21. The van der Waals surface area contributed by atoms with Crippen LogP contribution in [0, 0.1) is 13.8 Å². The number of hydrogen-bond acceptors (Lipinski definition) is 2. The van der Waals surface area contributed by atoms with E-state index in [1.54, 1.807) is 0 Å². The summed E-state index contributed by atoms with van der Waals surface area (Å²) in [5.41, 5.74) is 4.12. The second kappa shape index (κ2) is 7.39. The summed E-state index contributed by atoms with van der Waals surface area (Å²) < 4.78 is 6.71. The van der Waals surface area contributed by atoms with E-state index in [0.29, 0.717) is 0 Å². The number of ether oxygens (including phenoxy) is 1. The second-order valence-corrected chi connectivity index (χ2v) is 7.95. The Hall–Kier alpha value is -1.81. The predicted molar refractivity (Wildman–Crippen MR) is 103 cm³/mol. The summed E-state index contributed by atoms with van der Waals surface area (Å²) in [7, 11) is 0. The Morgan fingerprint density at radius 3 is 2.12 bits per heavy atom. The van der Waals surface area contributed by atoms with Crippen LogP contribution in [-0.2, 0) is 10.2 Å². The Kier molecular flexibility index (Phi) is 5.70. The van der Waals surface area contributed by atoms with Crippen molar-refractivity contribution in [2.45, 2.75) is 40.0 Å². The number of nitrogens with one attached hydrogen (secondary N) is 1. The van der Waals surface area contributed by atoms with E-state index in [0.717, 1.165) is 27.0 Å². The molecule has 1 amide bonds. The Labute approximate surface area is 152 Å². The molecule has 0 atom stereocenters. The van der Waals surface area contributed by atoms with Crippen molar-refractivity contribution in [2.24, 2.45) is 0 Å². The molecule has 0 heterocycles. The standard InChI is InChI=1S/C20H24BrNO2/c1-13-10-16(21)11-14(2)19(13)24-12-18(23)22-17-8-6-15(7-9-17)20(3,4)5/h6-11H,12H2,1-5H3,(H,22,23). The molecule has 0 unspecified atom stereocenters. The Morgan fingerprint density at radius 1 is 1.08 bits per heavy atom. The maximum absolute atomic E-state index is 12.1. The van der Waals surface area contributed by atoms with Crippen molar-refractivity contribution < 1.29 is 9.53 Å². The Balaban J connectivity index is 1.97. The molecule has 128 valence electrons. The van der Waals surface area contributed by atoms with Crippen molar-refractivity contribution in [3.8, 4) is 5.75 Å². The fourth-order valence-electron chi connectivity index (χ4n) is 2.51. The van der Waals surface area contributed by atoms with Gasteiger partial charge in [-0.25, -0.2) is 0 Å². The van der Waals surface area contributed by atoms with Crippen molar-refractivity contribution in [2.75, 3.05) is 11.9 Å². The lowest BCUT2D eigenvalue weighted by Gasteiger charge is -2.19. The summed E-state index contributed by atoms with van der Waals surface area (Å²) in [5.74, 6) is 0.594. The van der Waals surface area contributed by atoms with Crippen LogP contribution in [0.5, 0.6) is 5.75 Å². The lowest BCUT2D eigenvalue weighted by atomic mass is 9.87. The van der Waals surface area contributed by atoms with E-state index in [1.807, 2.05) is 50.2 Å². The highest BCUT2D eigenvalue weighted by Crippen LogP contribution is 2.27.